The number of carbonyl (C=O) groups is 1. The maximum atomic E-state index is 11.0. The van der Waals surface area contributed by atoms with Gasteiger partial charge in [-0.2, -0.15) is 0 Å². The number of hydrogen-bond donors (Lipinski definition) is 0. The second kappa shape index (κ2) is 7.43. The Morgan fingerprint density at radius 1 is 1.29 bits per heavy atom. The number of aryl methyl sites for hydroxylation is 1. The van der Waals surface area contributed by atoms with E-state index >= 15 is 0 Å². The average molecular weight is 285 g/mol. The van der Waals surface area contributed by atoms with Crippen LogP contribution in [-0.2, 0) is 16.0 Å². The summed E-state index contributed by atoms with van der Waals surface area (Å²) in [4.78, 5) is 15.5. The number of esters is 1. The van der Waals surface area contributed by atoms with Crippen molar-refractivity contribution < 1.29 is 13.9 Å². The summed E-state index contributed by atoms with van der Waals surface area (Å²) in [6.45, 7) is 1.91. The molecule has 4 heteroatoms. The molecule has 0 aliphatic rings. The van der Waals surface area contributed by atoms with Crippen LogP contribution >= 0.6 is 0 Å². The van der Waals surface area contributed by atoms with E-state index in [4.69, 9.17) is 4.42 Å². The number of nitrogens with zero attached hydrogens (tertiary/aromatic N) is 1. The zero-order valence-corrected chi connectivity index (χ0v) is 12.3. The number of allylic oxidation sites excluding steroid dienone is 2. The van der Waals surface area contributed by atoms with E-state index in [9.17, 15) is 4.79 Å². The number of aromatic nitrogens is 1. The van der Waals surface area contributed by atoms with Gasteiger partial charge in [0, 0.05) is 18.4 Å². The summed E-state index contributed by atoms with van der Waals surface area (Å²) in [7, 11) is 1.40. The second-order valence-electron chi connectivity index (χ2n) is 4.68. The van der Waals surface area contributed by atoms with Gasteiger partial charge in [-0.25, -0.2) is 4.98 Å². The summed E-state index contributed by atoms with van der Waals surface area (Å²) in [5.74, 6) is 1.28. The molecule has 1 heterocycles. The third-order valence-corrected chi connectivity index (χ3v) is 3.13. The molecule has 0 aliphatic carbocycles. The standard InChI is InChI=1S/C17H19NO3/c1-13-15(11-7-4-8-12-16(19)20-2)18-17(21-13)14-9-5-3-6-10-14/h3-7,9-10H,8,11-12H2,1-2H3. The van der Waals surface area contributed by atoms with Crippen LogP contribution in [0, 0.1) is 6.92 Å². The van der Waals surface area contributed by atoms with Crippen molar-refractivity contribution in [2.45, 2.75) is 26.2 Å². The number of methoxy groups -OCH3 is 1. The molecule has 2 rings (SSSR count). The number of carbonyl (C=O) groups excluding carboxylic acids is 1. The van der Waals surface area contributed by atoms with E-state index in [1.807, 2.05) is 49.4 Å². The zero-order chi connectivity index (χ0) is 15.1. The molecule has 110 valence electrons. The summed E-state index contributed by atoms with van der Waals surface area (Å²) in [6, 6.07) is 9.83. The quantitative estimate of drug-likeness (QED) is 0.600. The summed E-state index contributed by atoms with van der Waals surface area (Å²) in [5, 5.41) is 0. The van der Waals surface area contributed by atoms with Gasteiger partial charge in [0.2, 0.25) is 5.89 Å². The summed E-state index contributed by atoms with van der Waals surface area (Å²) in [5.41, 5.74) is 1.89. The van der Waals surface area contributed by atoms with Crippen molar-refractivity contribution in [1.82, 2.24) is 4.98 Å². The topological polar surface area (TPSA) is 52.3 Å². The van der Waals surface area contributed by atoms with Crippen molar-refractivity contribution in [3.8, 4) is 11.5 Å². The van der Waals surface area contributed by atoms with E-state index in [1.54, 1.807) is 0 Å². The molecule has 2 aromatic rings. The molecular weight excluding hydrogens is 266 g/mol. The van der Waals surface area contributed by atoms with Gasteiger partial charge in [-0.1, -0.05) is 30.4 Å². The van der Waals surface area contributed by atoms with Crippen LogP contribution in [0.3, 0.4) is 0 Å². The van der Waals surface area contributed by atoms with Gasteiger partial charge in [-0.05, 0) is 25.5 Å². The van der Waals surface area contributed by atoms with Gasteiger partial charge >= 0.3 is 5.97 Å². The first kappa shape index (κ1) is 15.0. The first-order valence-electron chi connectivity index (χ1n) is 6.94. The van der Waals surface area contributed by atoms with Crippen molar-refractivity contribution in [1.29, 1.82) is 0 Å². The van der Waals surface area contributed by atoms with Crippen LogP contribution < -0.4 is 0 Å². The largest absolute Gasteiger partial charge is 0.469 e. The monoisotopic (exact) mass is 285 g/mol. The fourth-order valence-electron chi connectivity index (χ4n) is 1.94. The summed E-state index contributed by atoms with van der Waals surface area (Å²) >= 11 is 0. The Morgan fingerprint density at radius 2 is 2.05 bits per heavy atom. The van der Waals surface area contributed by atoms with Crippen LogP contribution in [0.4, 0.5) is 0 Å². The number of hydrogen-bond acceptors (Lipinski definition) is 4. The smallest absolute Gasteiger partial charge is 0.305 e. The zero-order valence-electron chi connectivity index (χ0n) is 12.3. The van der Waals surface area contributed by atoms with Gasteiger partial charge in [-0.15, -0.1) is 0 Å². The van der Waals surface area contributed by atoms with Crippen molar-refractivity contribution in [2.75, 3.05) is 7.11 Å². The van der Waals surface area contributed by atoms with Crippen LogP contribution in [-0.4, -0.2) is 18.1 Å². The molecule has 0 aliphatic heterocycles. The third-order valence-electron chi connectivity index (χ3n) is 3.13. The molecule has 0 N–H and O–H groups in total. The lowest BCUT2D eigenvalue weighted by Crippen LogP contribution is -1.98. The Morgan fingerprint density at radius 3 is 2.76 bits per heavy atom. The van der Waals surface area contributed by atoms with Crippen molar-refractivity contribution in [3.63, 3.8) is 0 Å². The molecule has 1 aromatic heterocycles. The summed E-state index contributed by atoms with van der Waals surface area (Å²) < 4.78 is 10.3. The van der Waals surface area contributed by atoms with Gasteiger partial charge in [0.1, 0.15) is 5.76 Å². The SMILES string of the molecule is COC(=O)CCC=CCc1nc(-c2ccccc2)oc1C. The van der Waals surface area contributed by atoms with Crippen LogP contribution in [0.5, 0.6) is 0 Å². The Balaban J connectivity index is 1.94. The minimum Gasteiger partial charge on any atom is -0.469 e. The number of oxazole rings is 1. The van der Waals surface area contributed by atoms with E-state index in [0.717, 1.165) is 17.0 Å². The van der Waals surface area contributed by atoms with E-state index in [2.05, 4.69) is 9.72 Å². The van der Waals surface area contributed by atoms with Crippen LogP contribution in [0.1, 0.15) is 24.3 Å². The maximum Gasteiger partial charge on any atom is 0.305 e. The number of benzene rings is 1. The molecule has 0 radical (unpaired) electrons. The fraction of sp³-hybridized carbons (Fsp3) is 0.294. The fourth-order valence-corrected chi connectivity index (χ4v) is 1.94. The first-order valence-corrected chi connectivity index (χ1v) is 6.94. The highest BCUT2D eigenvalue weighted by atomic mass is 16.5. The molecule has 0 saturated carbocycles. The molecule has 4 nitrogen and oxygen atoms in total. The first-order chi connectivity index (χ1) is 10.2. The Kier molecular flexibility index (Phi) is 5.32. The number of ether oxygens (including phenoxy) is 1. The lowest BCUT2D eigenvalue weighted by molar-refractivity contribution is -0.140. The van der Waals surface area contributed by atoms with E-state index in [-0.39, 0.29) is 5.97 Å². The predicted octanol–water partition coefficient (Wildman–Crippen LogP) is 3.70. The predicted molar refractivity (Wildman–Crippen MR) is 80.8 cm³/mol. The minimum absolute atomic E-state index is 0.191. The average Bonchev–Trinajstić information content (AvgIpc) is 2.89. The minimum atomic E-state index is -0.191. The van der Waals surface area contributed by atoms with Gasteiger partial charge in [0.15, 0.2) is 0 Å². The second-order valence-corrected chi connectivity index (χ2v) is 4.68. The lowest BCUT2D eigenvalue weighted by Gasteiger charge is -1.94. The molecule has 0 saturated heterocycles. The van der Waals surface area contributed by atoms with Crippen molar-refractivity contribution >= 4 is 5.97 Å². The molecule has 0 fully saturated rings. The highest BCUT2D eigenvalue weighted by Gasteiger charge is 2.09. The van der Waals surface area contributed by atoms with E-state index in [1.165, 1.54) is 7.11 Å². The maximum absolute atomic E-state index is 11.0. The van der Waals surface area contributed by atoms with E-state index < -0.39 is 0 Å². The molecule has 21 heavy (non-hydrogen) atoms. The number of rotatable bonds is 6. The van der Waals surface area contributed by atoms with Gasteiger partial charge in [-0.3, -0.25) is 4.79 Å². The molecule has 0 bridgehead atoms. The Bertz CT molecular complexity index is 614. The van der Waals surface area contributed by atoms with Crippen molar-refractivity contribution in [3.05, 3.63) is 53.9 Å². The van der Waals surface area contributed by atoms with Gasteiger partial charge < -0.3 is 9.15 Å². The van der Waals surface area contributed by atoms with Gasteiger partial charge in [0.25, 0.3) is 0 Å². The normalized spacial score (nSPS) is 11.0. The molecule has 1 aromatic carbocycles. The highest BCUT2D eigenvalue weighted by molar-refractivity contribution is 5.69. The van der Waals surface area contributed by atoms with Crippen LogP contribution in [0.15, 0.2) is 46.9 Å². The molecule has 0 atom stereocenters. The van der Waals surface area contributed by atoms with Crippen LogP contribution in [0.2, 0.25) is 0 Å². The third kappa shape index (κ3) is 4.31. The summed E-state index contributed by atoms with van der Waals surface area (Å²) in [6.07, 6.45) is 5.74. The van der Waals surface area contributed by atoms with Crippen LogP contribution in [0.25, 0.3) is 11.5 Å². The Hall–Kier alpha value is -2.36. The van der Waals surface area contributed by atoms with Gasteiger partial charge in [0.05, 0.1) is 12.8 Å². The molecule has 0 amide bonds. The lowest BCUT2D eigenvalue weighted by atomic mass is 10.2. The molecule has 0 unspecified atom stereocenters. The highest BCUT2D eigenvalue weighted by Crippen LogP contribution is 2.21. The molecular formula is C17H19NO3. The van der Waals surface area contributed by atoms with E-state index in [0.29, 0.717) is 25.2 Å². The Labute approximate surface area is 124 Å². The van der Waals surface area contributed by atoms with Crippen molar-refractivity contribution in [2.24, 2.45) is 0 Å². The molecule has 0 spiro atoms.